The van der Waals surface area contributed by atoms with Crippen molar-refractivity contribution in [3.8, 4) is 0 Å². The molecule has 0 heterocycles. The summed E-state index contributed by atoms with van der Waals surface area (Å²) in [6, 6.07) is 0.0158. The molecular formula is C7H12FNO3. The fourth-order valence-electron chi connectivity index (χ4n) is 0.950. The van der Waals surface area contributed by atoms with Crippen molar-refractivity contribution in [1.29, 1.82) is 0 Å². The molecule has 2 N–H and O–H groups in total. The van der Waals surface area contributed by atoms with Gasteiger partial charge in [0.25, 0.3) is 0 Å². The Labute approximate surface area is 69.7 Å². The van der Waals surface area contributed by atoms with Crippen LogP contribution in [0.5, 0.6) is 0 Å². The second kappa shape index (κ2) is 4.25. The Morgan fingerprint density at radius 3 is 3.00 bits per heavy atom. The van der Waals surface area contributed by atoms with Crippen LogP contribution in [0.1, 0.15) is 6.42 Å². The van der Waals surface area contributed by atoms with Gasteiger partial charge in [-0.25, -0.2) is 9.18 Å². The average molecular weight is 177 g/mol. The number of rotatable bonds is 4. The zero-order chi connectivity index (χ0) is 8.97. The number of carbonyl (C=O) groups is 1. The molecule has 1 rings (SSSR count). The summed E-state index contributed by atoms with van der Waals surface area (Å²) in [5.41, 5.74) is 0. The lowest BCUT2D eigenvalue weighted by molar-refractivity contribution is 0.136. The maximum atomic E-state index is 11.5. The third-order valence-electron chi connectivity index (χ3n) is 1.77. The number of hydrogen-bond acceptors (Lipinski definition) is 3. The third kappa shape index (κ3) is 2.65. The lowest BCUT2D eigenvalue weighted by atomic mass is 10.4. The van der Waals surface area contributed by atoms with E-state index >= 15 is 0 Å². The first-order valence-corrected chi connectivity index (χ1v) is 3.88. The van der Waals surface area contributed by atoms with Gasteiger partial charge in [0.15, 0.2) is 0 Å². The van der Waals surface area contributed by atoms with Crippen LogP contribution in [0.25, 0.3) is 0 Å². The molecule has 0 bridgehead atoms. The molecule has 0 saturated heterocycles. The van der Waals surface area contributed by atoms with E-state index in [2.05, 4.69) is 10.1 Å². The molecular weight excluding hydrogens is 165 g/mol. The van der Waals surface area contributed by atoms with Crippen LogP contribution < -0.4 is 5.32 Å². The van der Waals surface area contributed by atoms with Crippen LogP contribution >= 0.6 is 0 Å². The van der Waals surface area contributed by atoms with Crippen LogP contribution in [-0.4, -0.2) is 37.1 Å². The van der Waals surface area contributed by atoms with Gasteiger partial charge in [0.1, 0.15) is 13.3 Å². The Balaban J connectivity index is 2.04. The van der Waals surface area contributed by atoms with Crippen LogP contribution in [-0.2, 0) is 4.74 Å². The summed E-state index contributed by atoms with van der Waals surface area (Å²) in [7, 11) is 0. The fourth-order valence-corrected chi connectivity index (χ4v) is 0.950. The van der Waals surface area contributed by atoms with Crippen molar-refractivity contribution in [2.75, 3.05) is 19.9 Å². The lowest BCUT2D eigenvalue weighted by Gasteiger charge is -2.03. The minimum atomic E-state index is -0.665. The van der Waals surface area contributed by atoms with Gasteiger partial charge in [-0.1, -0.05) is 0 Å². The molecule has 2 unspecified atom stereocenters. The molecule has 1 saturated carbocycles. The van der Waals surface area contributed by atoms with Crippen molar-refractivity contribution >= 4 is 6.09 Å². The Morgan fingerprint density at radius 2 is 2.50 bits per heavy atom. The summed E-state index contributed by atoms with van der Waals surface area (Å²) >= 11 is 0. The molecule has 0 radical (unpaired) electrons. The van der Waals surface area contributed by atoms with Gasteiger partial charge in [-0.05, 0) is 6.42 Å². The standard InChI is InChI=1S/C7H12FNO3/c8-1-2-12-7(11)9-6-3-5(6)4-10/h5-6,10H,1-4H2,(H,9,11). The van der Waals surface area contributed by atoms with E-state index in [-0.39, 0.29) is 25.2 Å². The van der Waals surface area contributed by atoms with Gasteiger partial charge in [-0.15, -0.1) is 0 Å². The van der Waals surface area contributed by atoms with Gasteiger partial charge in [0.05, 0.1) is 0 Å². The second-order valence-electron chi connectivity index (χ2n) is 2.75. The smallest absolute Gasteiger partial charge is 0.407 e. The van der Waals surface area contributed by atoms with Crippen molar-refractivity contribution in [3.63, 3.8) is 0 Å². The van der Waals surface area contributed by atoms with E-state index in [1.54, 1.807) is 0 Å². The highest BCUT2D eigenvalue weighted by Crippen LogP contribution is 2.29. The number of nitrogens with one attached hydrogen (secondary N) is 1. The monoisotopic (exact) mass is 177 g/mol. The van der Waals surface area contributed by atoms with Gasteiger partial charge in [-0.2, -0.15) is 0 Å². The van der Waals surface area contributed by atoms with Crippen molar-refractivity contribution < 1.29 is 19.0 Å². The summed E-state index contributed by atoms with van der Waals surface area (Å²) < 4.78 is 15.9. The van der Waals surface area contributed by atoms with Crippen LogP contribution in [0.2, 0.25) is 0 Å². The number of amides is 1. The number of alkyl halides is 1. The van der Waals surface area contributed by atoms with E-state index in [0.717, 1.165) is 6.42 Å². The van der Waals surface area contributed by atoms with Crippen molar-refractivity contribution in [3.05, 3.63) is 0 Å². The van der Waals surface area contributed by atoms with E-state index in [4.69, 9.17) is 5.11 Å². The summed E-state index contributed by atoms with van der Waals surface area (Å²) in [4.78, 5) is 10.7. The number of hydrogen-bond donors (Lipinski definition) is 2. The molecule has 70 valence electrons. The summed E-state index contributed by atoms with van der Waals surface area (Å²) in [6.07, 6.45) is 0.176. The van der Waals surface area contributed by atoms with Crippen molar-refractivity contribution in [1.82, 2.24) is 5.32 Å². The van der Waals surface area contributed by atoms with Crippen LogP contribution in [0.4, 0.5) is 9.18 Å². The molecule has 0 aliphatic heterocycles. The van der Waals surface area contributed by atoms with Gasteiger partial charge < -0.3 is 15.2 Å². The topological polar surface area (TPSA) is 58.6 Å². The maximum Gasteiger partial charge on any atom is 0.407 e. The van der Waals surface area contributed by atoms with Crippen LogP contribution in [0.3, 0.4) is 0 Å². The molecule has 5 heteroatoms. The normalized spacial score (nSPS) is 26.5. The quantitative estimate of drug-likeness (QED) is 0.638. The molecule has 1 amide bonds. The number of alkyl carbamates (subject to hydrolysis) is 1. The highest BCUT2D eigenvalue weighted by molar-refractivity contribution is 5.68. The SMILES string of the molecule is O=C(NC1CC1CO)OCCF. The highest BCUT2D eigenvalue weighted by atomic mass is 19.1. The Morgan fingerprint density at radius 1 is 1.75 bits per heavy atom. The van der Waals surface area contributed by atoms with E-state index in [1.165, 1.54) is 0 Å². The summed E-state index contributed by atoms with van der Waals surface area (Å²) in [6.45, 7) is -0.794. The largest absolute Gasteiger partial charge is 0.447 e. The molecule has 1 aliphatic carbocycles. The molecule has 12 heavy (non-hydrogen) atoms. The zero-order valence-electron chi connectivity index (χ0n) is 6.62. The van der Waals surface area contributed by atoms with Gasteiger partial charge in [0, 0.05) is 18.6 Å². The van der Waals surface area contributed by atoms with E-state index in [9.17, 15) is 9.18 Å². The summed E-state index contributed by atoms with van der Waals surface area (Å²) in [5.74, 6) is 0.155. The number of aliphatic hydroxyl groups is 1. The molecule has 0 aromatic rings. The molecule has 1 fully saturated rings. The molecule has 0 spiro atoms. The minimum absolute atomic E-state index is 0.0158. The lowest BCUT2D eigenvalue weighted by Crippen LogP contribution is -2.28. The Hall–Kier alpha value is -0.840. The minimum Gasteiger partial charge on any atom is -0.447 e. The van der Waals surface area contributed by atoms with Gasteiger partial charge in [-0.3, -0.25) is 0 Å². The van der Waals surface area contributed by atoms with Gasteiger partial charge in [0.2, 0.25) is 0 Å². The molecule has 1 aliphatic rings. The van der Waals surface area contributed by atoms with Crippen molar-refractivity contribution in [2.24, 2.45) is 5.92 Å². The molecule has 2 atom stereocenters. The van der Waals surface area contributed by atoms with E-state index < -0.39 is 12.8 Å². The van der Waals surface area contributed by atoms with E-state index in [0.29, 0.717) is 0 Å². The van der Waals surface area contributed by atoms with Gasteiger partial charge >= 0.3 is 6.09 Å². The highest BCUT2D eigenvalue weighted by Gasteiger charge is 2.37. The second-order valence-corrected chi connectivity index (χ2v) is 2.75. The molecule has 0 aromatic carbocycles. The Kier molecular flexibility index (Phi) is 3.28. The Bertz CT molecular complexity index is 165. The predicted octanol–water partition coefficient (Wildman–Crippen LogP) is 0.0629. The summed E-state index contributed by atoms with van der Waals surface area (Å²) in [5, 5.41) is 11.1. The fraction of sp³-hybridized carbons (Fsp3) is 0.857. The zero-order valence-corrected chi connectivity index (χ0v) is 6.62. The van der Waals surface area contributed by atoms with Crippen molar-refractivity contribution in [2.45, 2.75) is 12.5 Å². The number of ether oxygens (including phenoxy) is 1. The maximum absolute atomic E-state index is 11.5. The molecule has 0 aromatic heterocycles. The molecule has 4 nitrogen and oxygen atoms in total. The average Bonchev–Trinajstić information content (AvgIpc) is 2.80. The first-order chi connectivity index (χ1) is 5.77. The van der Waals surface area contributed by atoms with Crippen LogP contribution in [0, 0.1) is 5.92 Å². The first kappa shape index (κ1) is 9.25. The predicted molar refractivity (Wildman–Crippen MR) is 39.4 cm³/mol. The van der Waals surface area contributed by atoms with E-state index in [1.807, 2.05) is 0 Å². The number of carbonyl (C=O) groups excluding carboxylic acids is 1. The third-order valence-corrected chi connectivity index (χ3v) is 1.77. The van der Waals surface area contributed by atoms with Crippen LogP contribution in [0.15, 0.2) is 0 Å². The first-order valence-electron chi connectivity index (χ1n) is 3.88. The number of aliphatic hydroxyl groups excluding tert-OH is 1. The number of halogens is 1.